The number of sulfonamides is 1. The van der Waals surface area contributed by atoms with E-state index in [0.29, 0.717) is 17.3 Å². The Balaban J connectivity index is 1.95. The average Bonchev–Trinajstić information content (AvgIpc) is 3.08. The summed E-state index contributed by atoms with van der Waals surface area (Å²) < 4.78 is 27.3. The van der Waals surface area contributed by atoms with Crippen molar-refractivity contribution in [3.63, 3.8) is 0 Å². The second-order valence-electron chi connectivity index (χ2n) is 4.41. The minimum Gasteiger partial charge on any atom is -0.313 e. The van der Waals surface area contributed by atoms with E-state index in [1.807, 2.05) is 22.2 Å². The Morgan fingerprint density at radius 1 is 1.20 bits per heavy atom. The van der Waals surface area contributed by atoms with Crippen molar-refractivity contribution in [1.82, 2.24) is 10.0 Å². The van der Waals surface area contributed by atoms with Crippen LogP contribution in [0.25, 0.3) is 0 Å². The SMILES string of the molecule is CCCNCc1csc(S(=O)(=O)NCc2ccsc2)c1. The maximum Gasteiger partial charge on any atom is 0.250 e. The van der Waals surface area contributed by atoms with Crippen molar-refractivity contribution in [2.45, 2.75) is 30.6 Å². The molecule has 0 aliphatic carbocycles. The van der Waals surface area contributed by atoms with Crippen molar-refractivity contribution in [3.8, 4) is 0 Å². The van der Waals surface area contributed by atoms with Gasteiger partial charge in [0, 0.05) is 13.1 Å². The van der Waals surface area contributed by atoms with Crippen LogP contribution in [0.4, 0.5) is 0 Å². The van der Waals surface area contributed by atoms with Crippen molar-refractivity contribution in [2.75, 3.05) is 6.54 Å². The number of hydrogen-bond donors (Lipinski definition) is 2. The summed E-state index contributed by atoms with van der Waals surface area (Å²) >= 11 is 2.82. The smallest absolute Gasteiger partial charge is 0.250 e. The van der Waals surface area contributed by atoms with E-state index in [4.69, 9.17) is 0 Å². The molecule has 0 spiro atoms. The molecule has 0 amide bonds. The van der Waals surface area contributed by atoms with Crippen LogP contribution in [0.1, 0.15) is 24.5 Å². The fourth-order valence-corrected chi connectivity index (χ4v) is 4.58. The molecule has 0 unspecified atom stereocenters. The van der Waals surface area contributed by atoms with Crippen molar-refractivity contribution >= 4 is 32.7 Å². The molecule has 2 aromatic heterocycles. The predicted octanol–water partition coefficient (Wildman–Crippen LogP) is 2.79. The van der Waals surface area contributed by atoms with Crippen LogP contribution in [0.15, 0.2) is 32.5 Å². The molecule has 0 aliphatic heterocycles. The summed E-state index contributed by atoms with van der Waals surface area (Å²) in [5.74, 6) is 0. The van der Waals surface area contributed by atoms with E-state index in [9.17, 15) is 8.42 Å². The molecule has 20 heavy (non-hydrogen) atoms. The standard InChI is InChI=1S/C13H18N2O2S3/c1-2-4-14-7-12-6-13(19-10-12)20(16,17)15-8-11-3-5-18-9-11/h3,5-6,9-10,14-15H,2,4,7-8H2,1H3. The highest BCUT2D eigenvalue weighted by molar-refractivity contribution is 7.91. The van der Waals surface area contributed by atoms with Gasteiger partial charge in [-0.15, -0.1) is 11.3 Å². The second kappa shape index (κ2) is 7.33. The number of rotatable bonds is 8. The third-order valence-electron chi connectivity index (χ3n) is 2.70. The van der Waals surface area contributed by atoms with E-state index in [0.717, 1.165) is 24.1 Å². The second-order valence-corrected chi connectivity index (χ2v) is 8.09. The van der Waals surface area contributed by atoms with Gasteiger partial charge in [0.05, 0.1) is 0 Å². The van der Waals surface area contributed by atoms with Crippen molar-refractivity contribution in [2.24, 2.45) is 0 Å². The van der Waals surface area contributed by atoms with Crippen molar-refractivity contribution in [3.05, 3.63) is 39.4 Å². The van der Waals surface area contributed by atoms with Gasteiger partial charge >= 0.3 is 0 Å². The van der Waals surface area contributed by atoms with Crippen LogP contribution in [-0.4, -0.2) is 15.0 Å². The van der Waals surface area contributed by atoms with E-state index in [1.165, 1.54) is 11.3 Å². The third kappa shape index (κ3) is 4.39. The van der Waals surface area contributed by atoms with Gasteiger partial charge in [-0.1, -0.05) is 6.92 Å². The van der Waals surface area contributed by atoms with E-state index >= 15 is 0 Å². The van der Waals surface area contributed by atoms with Gasteiger partial charge in [-0.05, 0) is 52.4 Å². The highest BCUT2D eigenvalue weighted by atomic mass is 32.2. The van der Waals surface area contributed by atoms with Gasteiger partial charge in [-0.2, -0.15) is 11.3 Å². The molecule has 0 saturated heterocycles. The quantitative estimate of drug-likeness (QED) is 0.732. The highest BCUT2D eigenvalue weighted by Gasteiger charge is 2.16. The van der Waals surface area contributed by atoms with E-state index < -0.39 is 10.0 Å². The van der Waals surface area contributed by atoms with E-state index in [1.54, 1.807) is 17.4 Å². The first kappa shape index (κ1) is 15.7. The summed E-state index contributed by atoms with van der Waals surface area (Å²) in [5, 5.41) is 9.03. The van der Waals surface area contributed by atoms with Gasteiger partial charge < -0.3 is 5.32 Å². The van der Waals surface area contributed by atoms with Gasteiger partial charge in [-0.3, -0.25) is 0 Å². The summed E-state index contributed by atoms with van der Waals surface area (Å²) in [5.41, 5.74) is 2.00. The zero-order chi connectivity index (χ0) is 14.4. The molecule has 0 aliphatic rings. The number of nitrogens with one attached hydrogen (secondary N) is 2. The van der Waals surface area contributed by atoms with Crippen LogP contribution in [0.3, 0.4) is 0 Å². The zero-order valence-electron chi connectivity index (χ0n) is 11.3. The van der Waals surface area contributed by atoms with Gasteiger partial charge in [0.15, 0.2) is 0 Å². The topological polar surface area (TPSA) is 58.2 Å². The number of hydrogen-bond acceptors (Lipinski definition) is 5. The summed E-state index contributed by atoms with van der Waals surface area (Å²) in [6.45, 7) is 4.09. The fourth-order valence-electron chi connectivity index (χ4n) is 1.64. The molecule has 7 heteroatoms. The minimum atomic E-state index is -3.40. The van der Waals surface area contributed by atoms with Gasteiger partial charge in [0.25, 0.3) is 0 Å². The number of thiophene rings is 2. The normalized spacial score (nSPS) is 11.8. The Morgan fingerprint density at radius 2 is 2.05 bits per heavy atom. The Labute approximate surface area is 127 Å². The maximum absolute atomic E-state index is 12.2. The summed E-state index contributed by atoms with van der Waals surface area (Å²) in [4.78, 5) is 0. The first-order valence-electron chi connectivity index (χ1n) is 6.40. The fraction of sp³-hybridized carbons (Fsp3) is 0.385. The largest absolute Gasteiger partial charge is 0.313 e. The summed E-state index contributed by atoms with van der Waals surface area (Å²) in [6.07, 6.45) is 1.07. The van der Waals surface area contributed by atoms with Crippen LogP contribution in [-0.2, 0) is 23.1 Å². The lowest BCUT2D eigenvalue weighted by atomic mass is 10.3. The van der Waals surface area contributed by atoms with Crippen LogP contribution in [0, 0.1) is 0 Å². The molecule has 2 rings (SSSR count). The highest BCUT2D eigenvalue weighted by Crippen LogP contribution is 2.20. The Hall–Kier alpha value is -0.730. The molecule has 4 nitrogen and oxygen atoms in total. The molecule has 2 N–H and O–H groups in total. The molecule has 2 aromatic rings. The van der Waals surface area contributed by atoms with E-state index in [-0.39, 0.29) is 0 Å². The lowest BCUT2D eigenvalue weighted by Gasteiger charge is -2.03. The first-order valence-corrected chi connectivity index (χ1v) is 9.71. The molecule has 0 aromatic carbocycles. The zero-order valence-corrected chi connectivity index (χ0v) is 13.7. The lowest BCUT2D eigenvalue weighted by Crippen LogP contribution is -2.22. The minimum absolute atomic E-state index is 0.340. The van der Waals surface area contributed by atoms with Gasteiger partial charge in [-0.25, -0.2) is 13.1 Å². The van der Waals surface area contributed by atoms with E-state index in [2.05, 4.69) is 17.0 Å². The molecule has 0 bridgehead atoms. The summed E-state index contributed by atoms with van der Waals surface area (Å²) in [6, 6.07) is 3.66. The van der Waals surface area contributed by atoms with Crippen molar-refractivity contribution in [1.29, 1.82) is 0 Å². The Morgan fingerprint density at radius 3 is 2.75 bits per heavy atom. The molecule has 0 saturated carbocycles. The maximum atomic E-state index is 12.2. The molecule has 2 heterocycles. The summed E-state index contributed by atoms with van der Waals surface area (Å²) in [7, 11) is -3.40. The molecule has 110 valence electrons. The Kier molecular flexibility index (Phi) is 5.74. The molecular formula is C13H18N2O2S3. The molecule has 0 fully saturated rings. The molecule has 0 radical (unpaired) electrons. The monoisotopic (exact) mass is 330 g/mol. The predicted molar refractivity (Wildman–Crippen MR) is 84.7 cm³/mol. The van der Waals surface area contributed by atoms with Crippen LogP contribution in [0.2, 0.25) is 0 Å². The van der Waals surface area contributed by atoms with Crippen LogP contribution in [0.5, 0.6) is 0 Å². The van der Waals surface area contributed by atoms with Gasteiger partial charge in [0.1, 0.15) is 4.21 Å². The first-order chi connectivity index (χ1) is 9.62. The van der Waals surface area contributed by atoms with Crippen molar-refractivity contribution < 1.29 is 8.42 Å². The van der Waals surface area contributed by atoms with Crippen LogP contribution < -0.4 is 10.0 Å². The molecule has 0 atom stereocenters. The third-order valence-corrected chi connectivity index (χ3v) is 6.32. The van der Waals surface area contributed by atoms with Crippen LogP contribution >= 0.6 is 22.7 Å². The average molecular weight is 330 g/mol. The Bertz CT molecular complexity index is 618. The van der Waals surface area contributed by atoms with Gasteiger partial charge in [0.2, 0.25) is 10.0 Å². The lowest BCUT2D eigenvalue weighted by molar-refractivity contribution is 0.583. The molecular weight excluding hydrogens is 312 g/mol.